The lowest BCUT2D eigenvalue weighted by molar-refractivity contribution is -0.0561. The van der Waals surface area contributed by atoms with Crippen LogP contribution in [0.2, 0.25) is 0 Å². The van der Waals surface area contributed by atoms with Crippen LogP contribution in [-0.2, 0) is 26.8 Å². The fraction of sp³-hybridized carbons (Fsp3) is 0.324. The Bertz CT molecular complexity index is 1720. The van der Waals surface area contributed by atoms with E-state index in [1.807, 2.05) is 60.8 Å². The molecule has 0 N–H and O–H groups in total. The molecule has 0 bridgehead atoms. The molecule has 6 rings (SSSR count). The summed E-state index contributed by atoms with van der Waals surface area (Å²) in [6, 6.07) is 28.1. The molecule has 2 aliphatic rings. The number of ether oxygens (including phenoxy) is 1. The molecule has 7 heteroatoms. The minimum Gasteiger partial charge on any atom is -0.446 e. The summed E-state index contributed by atoms with van der Waals surface area (Å²) in [7, 11) is -3.80. The molecule has 1 fully saturated rings. The Kier molecular flexibility index (Phi) is 8.90. The lowest BCUT2D eigenvalue weighted by Gasteiger charge is -2.56. The van der Waals surface area contributed by atoms with Gasteiger partial charge in [-0.15, -0.1) is 0 Å². The summed E-state index contributed by atoms with van der Waals surface area (Å²) < 4.78 is 37.2. The Labute approximate surface area is 265 Å². The van der Waals surface area contributed by atoms with Crippen LogP contribution in [0.25, 0.3) is 0 Å². The van der Waals surface area contributed by atoms with Crippen molar-refractivity contribution in [2.24, 2.45) is 5.92 Å². The summed E-state index contributed by atoms with van der Waals surface area (Å²) in [5.41, 5.74) is 4.88. The van der Waals surface area contributed by atoms with E-state index in [1.54, 1.807) is 39.9 Å². The molecule has 0 radical (unpaired) electrons. The molecule has 1 aliphatic carbocycles. The molecule has 3 aromatic carbocycles. The van der Waals surface area contributed by atoms with Gasteiger partial charge in [0.15, 0.2) is 5.60 Å². The second-order valence-corrected chi connectivity index (χ2v) is 14.7. The lowest BCUT2D eigenvalue weighted by atomic mass is 9.58. The highest BCUT2D eigenvalue weighted by Gasteiger charge is 2.59. The smallest absolute Gasteiger partial charge is 0.339 e. The monoisotopic (exact) mass is 625 g/mol. The minimum atomic E-state index is -3.80. The largest absolute Gasteiger partial charge is 0.446 e. The van der Waals surface area contributed by atoms with Gasteiger partial charge in [-0.25, -0.2) is 13.2 Å². The molecule has 1 aliphatic heterocycles. The maximum Gasteiger partial charge on any atom is 0.339 e. The molecular formula is C37H39NO4S2. The average Bonchev–Trinajstić information content (AvgIpc) is 3.57. The molecule has 1 saturated carbocycles. The molecule has 1 aromatic heterocycles. The zero-order valence-electron chi connectivity index (χ0n) is 25.3. The first-order valence-electron chi connectivity index (χ1n) is 15.5. The highest BCUT2D eigenvalue weighted by atomic mass is 32.2. The van der Waals surface area contributed by atoms with Gasteiger partial charge in [0.2, 0.25) is 10.0 Å². The van der Waals surface area contributed by atoms with E-state index in [0.29, 0.717) is 29.8 Å². The van der Waals surface area contributed by atoms with E-state index in [9.17, 15) is 13.2 Å². The number of carbonyl (C=O) groups is 1. The first kappa shape index (κ1) is 30.5. The predicted molar refractivity (Wildman–Crippen MR) is 176 cm³/mol. The van der Waals surface area contributed by atoms with Gasteiger partial charge in [-0.2, -0.15) is 15.6 Å². The van der Waals surface area contributed by atoms with Crippen LogP contribution in [0.5, 0.6) is 0 Å². The van der Waals surface area contributed by atoms with Gasteiger partial charge in [0.05, 0.1) is 16.5 Å². The van der Waals surface area contributed by atoms with Gasteiger partial charge in [-0.1, -0.05) is 86.0 Å². The Balaban J connectivity index is 1.51. The number of carbonyl (C=O) groups excluding carboxylic acids is 1. The number of aryl methyl sites for hydroxylation is 1. The molecule has 0 spiro atoms. The van der Waals surface area contributed by atoms with Gasteiger partial charge < -0.3 is 4.74 Å². The van der Waals surface area contributed by atoms with Crippen LogP contribution >= 0.6 is 11.3 Å². The van der Waals surface area contributed by atoms with Crippen molar-refractivity contribution in [2.75, 3.05) is 6.54 Å². The fourth-order valence-electron chi connectivity index (χ4n) is 6.89. The first-order valence-corrected chi connectivity index (χ1v) is 17.9. The second-order valence-electron chi connectivity index (χ2n) is 12.0. The molecule has 0 saturated heterocycles. The molecule has 228 valence electrons. The van der Waals surface area contributed by atoms with Crippen molar-refractivity contribution < 1.29 is 17.9 Å². The van der Waals surface area contributed by atoms with Crippen molar-refractivity contribution in [3.63, 3.8) is 0 Å². The van der Waals surface area contributed by atoms with Gasteiger partial charge in [0.1, 0.15) is 0 Å². The number of hydrogen-bond donors (Lipinski definition) is 0. The summed E-state index contributed by atoms with van der Waals surface area (Å²) in [4.78, 5) is 14.0. The quantitative estimate of drug-likeness (QED) is 0.0955. The summed E-state index contributed by atoms with van der Waals surface area (Å²) in [6.07, 6.45) is 4.89. The van der Waals surface area contributed by atoms with Crippen LogP contribution in [0.3, 0.4) is 0 Å². The summed E-state index contributed by atoms with van der Waals surface area (Å²) in [5.74, 6) is -0.396. The van der Waals surface area contributed by atoms with E-state index in [1.165, 1.54) is 0 Å². The Morgan fingerprint density at radius 2 is 1.66 bits per heavy atom. The third-order valence-corrected chi connectivity index (χ3v) is 11.7. The number of hydrogen-bond acceptors (Lipinski definition) is 5. The SMILES string of the molecule is CCCCCC1=C2[C@H](CN(S(=O)(=O)c3ccc(C)cc3)[C@H]1Cc1ccccc1)C[C@@]2(OC(=O)c1ccccc1)c1ccsc1. The molecule has 2 heterocycles. The van der Waals surface area contributed by atoms with E-state index in [4.69, 9.17) is 4.74 Å². The van der Waals surface area contributed by atoms with Crippen LogP contribution in [-0.4, -0.2) is 31.3 Å². The number of thiophene rings is 1. The zero-order valence-corrected chi connectivity index (χ0v) is 26.9. The summed E-state index contributed by atoms with van der Waals surface area (Å²) >= 11 is 1.59. The van der Waals surface area contributed by atoms with E-state index in [0.717, 1.165) is 53.5 Å². The lowest BCUT2D eigenvalue weighted by Crippen LogP contribution is -2.59. The van der Waals surface area contributed by atoms with Crippen molar-refractivity contribution in [1.82, 2.24) is 4.31 Å². The number of sulfonamides is 1. The number of unbranched alkanes of at least 4 members (excludes halogenated alkanes) is 2. The molecule has 5 nitrogen and oxygen atoms in total. The molecular weight excluding hydrogens is 587 g/mol. The summed E-state index contributed by atoms with van der Waals surface area (Å²) in [5, 5.41) is 4.10. The normalized spacial score (nSPS) is 21.9. The van der Waals surface area contributed by atoms with E-state index >= 15 is 0 Å². The van der Waals surface area contributed by atoms with Crippen LogP contribution in [0, 0.1) is 12.8 Å². The second kappa shape index (κ2) is 12.8. The third-order valence-electron chi connectivity index (χ3n) is 9.09. The first-order chi connectivity index (χ1) is 21.3. The predicted octanol–water partition coefficient (Wildman–Crippen LogP) is 8.32. The highest BCUT2D eigenvalue weighted by Crippen LogP contribution is 2.59. The van der Waals surface area contributed by atoms with Crippen LogP contribution < -0.4 is 0 Å². The topological polar surface area (TPSA) is 63.7 Å². The van der Waals surface area contributed by atoms with Crippen LogP contribution in [0.4, 0.5) is 0 Å². The number of fused-ring (bicyclic) bond motifs is 1. The van der Waals surface area contributed by atoms with Gasteiger partial charge in [0.25, 0.3) is 0 Å². The van der Waals surface area contributed by atoms with Gasteiger partial charge >= 0.3 is 5.97 Å². The molecule has 3 atom stereocenters. The third kappa shape index (κ3) is 5.81. The number of esters is 1. The standard InChI is InChI=1S/C37H39NO4S2/c1-3-4-7-16-33-34(23-28-12-8-5-9-13-28)38(44(40,41)32-19-17-27(2)18-20-32)25-30-24-37(35(30)33,31-21-22-43-26-31)42-36(39)29-14-10-6-11-15-29/h5-6,8-15,17-22,26,30,34H,3-4,7,16,23-25H2,1-2H3/t30-,34-,37+/m0/s1. The van der Waals surface area contributed by atoms with Crippen molar-refractivity contribution in [1.29, 1.82) is 0 Å². The highest BCUT2D eigenvalue weighted by molar-refractivity contribution is 7.89. The Morgan fingerprint density at radius 3 is 2.32 bits per heavy atom. The zero-order chi connectivity index (χ0) is 30.7. The molecule has 0 unspecified atom stereocenters. The summed E-state index contributed by atoms with van der Waals surface area (Å²) in [6.45, 7) is 4.50. The Morgan fingerprint density at radius 1 is 0.955 bits per heavy atom. The van der Waals surface area contributed by atoms with Gasteiger partial charge in [-0.3, -0.25) is 0 Å². The Hall–Kier alpha value is -3.52. The molecule has 0 amide bonds. The van der Waals surface area contributed by atoms with Crippen molar-refractivity contribution in [2.45, 2.75) is 68.9 Å². The minimum absolute atomic E-state index is 0.0395. The maximum atomic E-state index is 14.4. The van der Waals surface area contributed by atoms with Crippen molar-refractivity contribution in [3.05, 3.63) is 135 Å². The van der Waals surface area contributed by atoms with E-state index in [2.05, 4.69) is 30.5 Å². The van der Waals surface area contributed by atoms with E-state index < -0.39 is 15.6 Å². The molecule has 4 aromatic rings. The number of benzene rings is 3. The van der Waals surface area contributed by atoms with Crippen molar-refractivity contribution in [3.8, 4) is 0 Å². The fourth-order valence-corrected chi connectivity index (χ4v) is 9.27. The number of nitrogens with zero attached hydrogens (tertiary/aromatic N) is 1. The average molecular weight is 626 g/mol. The van der Waals surface area contributed by atoms with Gasteiger partial charge in [0, 0.05) is 24.4 Å². The van der Waals surface area contributed by atoms with Crippen LogP contribution in [0.1, 0.15) is 66.1 Å². The van der Waals surface area contributed by atoms with E-state index in [-0.39, 0.29) is 17.9 Å². The van der Waals surface area contributed by atoms with Crippen molar-refractivity contribution >= 4 is 27.3 Å². The van der Waals surface area contributed by atoms with Gasteiger partial charge in [-0.05, 0) is 84.0 Å². The number of rotatable bonds is 11. The maximum absolute atomic E-state index is 14.4. The molecule has 44 heavy (non-hydrogen) atoms. The van der Waals surface area contributed by atoms with Crippen LogP contribution in [0.15, 0.2) is 118 Å².